The molecule has 3 heteroatoms. The maximum absolute atomic E-state index is 9.01. The van der Waals surface area contributed by atoms with Gasteiger partial charge in [0.05, 0.1) is 6.10 Å². The second kappa shape index (κ2) is 4.90. The van der Waals surface area contributed by atoms with Gasteiger partial charge in [-0.3, -0.25) is 0 Å². The minimum absolute atomic E-state index is 0.254. The van der Waals surface area contributed by atoms with E-state index in [4.69, 9.17) is 9.84 Å². The van der Waals surface area contributed by atoms with Crippen LogP contribution >= 0.6 is 0 Å². The first kappa shape index (κ1) is 12.0. The third-order valence-electron chi connectivity index (χ3n) is 4.18. The average molecular weight is 247 g/mol. The summed E-state index contributed by atoms with van der Waals surface area (Å²) in [6, 6.07) is 6.99. The van der Waals surface area contributed by atoms with Gasteiger partial charge in [-0.2, -0.15) is 0 Å². The molecule has 3 rings (SSSR count). The van der Waals surface area contributed by atoms with Crippen LogP contribution in [0.2, 0.25) is 0 Å². The van der Waals surface area contributed by atoms with E-state index in [1.165, 1.54) is 16.8 Å². The smallest absolute Gasteiger partial charge is 0.0893 e. The van der Waals surface area contributed by atoms with Crippen molar-refractivity contribution in [3.8, 4) is 0 Å². The first-order valence-corrected chi connectivity index (χ1v) is 6.89. The van der Waals surface area contributed by atoms with E-state index < -0.39 is 0 Å². The number of anilines is 1. The Bertz CT molecular complexity index is 433. The van der Waals surface area contributed by atoms with Crippen molar-refractivity contribution in [2.24, 2.45) is 5.92 Å². The predicted octanol–water partition coefficient (Wildman–Crippen LogP) is 2.64. The Morgan fingerprint density at radius 1 is 1.44 bits per heavy atom. The van der Waals surface area contributed by atoms with E-state index in [1.807, 2.05) is 0 Å². The number of nitrogens with one attached hydrogen (secondary N) is 1. The van der Waals surface area contributed by atoms with Gasteiger partial charge in [-0.15, -0.1) is 0 Å². The van der Waals surface area contributed by atoms with Crippen LogP contribution in [-0.2, 0) is 4.74 Å². The van der Waals surface area contributed by atoms with Gasteiger partial charge in [0.2, 0.25) is 0 Å². The number of aliphatic hydroxyl groups is 1. The van der Waals surface area contributed by atoms with Gasteiger partial charge in [-0.1, -0.05) is 17.7 Å². The summed E-state index contributed by atoms with van der Waals surface area (Å²) in [5.74, 6) is 0.561. The van der Waals surface area contributed by atoms with Gasteiger partial charge in [-0.25, -0.2) is 0 Å². The number of aliphatic hydroxyl groups excluding tert-OH is 1. The van der Waals surface area contributed by atoms with Crippen molar-refractivity contribution in [2.45, 2.75) is 38.3 Å². The van der Waals surface area contributed by atoms with Crippen LogP contribution in [0.5, 0.6) is 0 Å². The molecule has 1 aromatic rings. The normalized spacial score (nSPS) is 29.6. The molecule has 2 heterocycles. The van der Waals surface area contributed by atoms with Gasteiger partial charge < -0.3 is 15.2 Å². The Hall–Kier alpha value is -1.06. The topological polar surface area (TPSA) is 41.5 Å². The SMILES string of the molecule is Cc1ccc2c(c1)[C@@H]1OCC[C@@H]1[C@@H](CCCO)N2. The van der Waals surface area contributed by atoms with E-state index in [2.05, 4.69) is 30.4 Å². The predicted molar refractivity (Wildman–Crippen MR) is 71.7 cm³/mol. The summed E-state index contributed by atoms with van der Waals surface area (Å²) >= 11 is 0. The quantitative estimate of drug-likeness (QED) is 0.862. The number of rotatable bonds is 3. The van der Waals surface area contributed by atoms with Crippen molar-refractivity contribution in [2.75, 3.05) is 18.5 Å². The number of hydrogen-bond acceptors (Lipinski definition) is 3. The van der Waals surface area contributed by atoms with Crippen molar-refractivity contribution in [3.05, 3.63) is 29.3 Å². The lowest BCUT2D eigenvalue weighted by atomic mass is 9.82. The largest absolute Gasteiger partial charge is 0.396 e. The molecule has 1 fully saturated rings. The molecule has 2 aliphatic heterocycles. The monoisotopic (exact) mass is 247 g/mol. The first-order chi connectivity index (χ1) is 8.79. The van der Waals surface area contributed by atoms with Crippen LogP contribution in [-0.4, -0.2) is 24.4 Å². The Kier molecular flexibility index (Phi) is 3.27. The fraction of sp³-hybridized carbons (Fsp3) is 0.600. The molecule has 2 N–H and O–H groups in total. The van der Waals surface area contributed by atoms with E-state index in [1.54, 1.807) is 0 Å². The number of benzene rings is 1. The highest BCUT2D eigenvalue weighted by atomic mass is 16.5. The van der Waals surface area contributed by atoms with Crippen LogP contribution in [0.3, 0.4) is 0 Å². The van der Waals surface area contributed by atoms with Crippen LogP contribution in [0, 0.1) is 12.8 Å². The Balaban J connectivity index is 1.89. The van der Waals surface area contributed by atoms with E-state index >= 15 is 0 Å². The van der Waals surface area contributed by atoms with Crippen molar-refractivity contribution < 1.29 is 9.84 Å². The molecule has 0 amide bonds. The molecule has 0 spiro atoms. The van der Waals surface area contributed by atoms with Crippen molar-refractivity contribution in [1.82, 2.24) is 0 Å². The zero-order valence-corrected chi connectivity index (χ0v) is 10.9. The Morgan fingerprint density at radius 3 is 3.17 bits per heavy atom. The molecule has 2 aliphatic rings. The molecule has 3 atom stereocenters. The highest BCUT2D eigenvalue weighted by molar-refractivity contribution is 5.57. The Morgan fingerprint density at radius 2 is 2.33 bits per heavy atom. The molecule has 0 unspecified atom stereocenters. The maximum Gasteiger partial charge on any atom is 0.0893 e. The number of ether oxygens (including phenoxy) is 1. The molecule has 0 aromatic heterocycles. The van der Waals surface area contributed by atoms with Crippen LogP contribution in [0.4, 0.5) is 5.69 Å². The summed E-state index contributed by atoms with van der Waals surface area (Å²) in [4.78, 5) is 0. The fourth-order valence-electron chi connectivity index (χ4n) is 3.29. The minimum atomic E-state index is 0.254. The van der Waals surface area contributed by atoms with E-state index in [-0.39, 0.29) is 12.7 Å². The van der Waals surface area contributed by atoms with Gasteiger partial charge >= 0.3 is 0 Å². The fourth-order valence-corrected chi connectivity index (χ4v) is 3.29. The lowest BCUT2D eigenvalue weighted by Crippen LogP contribution is -2.36. The molecular weight excluding hydrogens is 226 g/mol. The van der Waals surface area contributed by atoms with Crippen LogP contribution in [0.1, 0.15) is 36.5 Å². The second-order valence-electron chi connectivity index (χ2n) is 5.45. The molecular formula is C15H21NO2. The third kappa shape index (κ3) is 2.02. The number of hydrogen-bond donors (Lipinski definition) is 2. The molecule has 1 saturated heterocycles. The summed E-state index contributed by atoms with van der Waals surface area (Å²) in [6.07, 6.45) is 3.27. The van der Waals surface area contributed by atoms with E-state index in [0.29, 0.717) is 12.0 Å². The summed E-state index contributed by atoms with van der Waals surface area (Å²) in [5, 5.41) is 12.6. The molecule has 98 valence electrons. The Labute approximate surface area is 108 Å². The minimum Gasteiger partial charge on any atom is -0.396 e. The zero-order chi connectivity index (χ0) is 12.5. The summed E-state index contributed by atoms with van der Waals surface area (Å²) in [5.41, 5.74) is 3.82. The molecule has 18 heavy (non-hydrogen) atoms. The first-order valence-electron chi connectivity index (χ1n) is 6.89. The van der Waals surface area contributed by atoms with E-state index in [0.717, 1.165) is 25.9 Å². The zero-order valence-electron chi connectivity index (χ0n) is 10.9. The van der Waals surface area contributed by atoms with Gasteiger partial charge in [0, 0.05) is 36.4 Å². The van der Waals surface area contributed by atoms with Crippen LogP contribution in [0.25, 0.3) is 0 Å². The third-order valence-corrected chi connectivity index (χ3v) is 4.18. The van der Waals surface area contributed by atoms with Crippen LogP contribution in [0.15, 0.2) is 18.2 Å². The van der Waals surface area contributed by atoms with E-state index in [9.17, 15) is 0 Å². The molecule has 3 nitrogen and oxygen atoms in total. The summed E-state index contributed by atoms with van der Waals surface area (Å²) < 4.78 is 5.95. The van der Waals surface area contributed by atoms with Crippen molar-refractivity contribution in [3.63, 3.8) is 0 Å². The summed E-state index contributed by atoms with van der Waals surface area (Å²) in [6.45, 7) is 3.26. The highest BCUT2D eigenvalue weighted by Gasteiger charge is 2.40. The second-order valence-corrected chi connectivity index (χ2v) is 5.45. The number of aryl methyl sites for hydroxylation is 1. The van der Waals surface area contributed by atoms with Crippen molar-refractivity contribution in [1.29, 1.82) is 0 Å². The van der Waals surface area contributed by atoms with Gasteiger partial charge in [0.1, 0.15) is 0 Å². The molecule has 0 bridgehead atoms. The summed E-state index contributed by atoms with van der Waals surface area (Å²) in [7, 11) is 0. The lowest BCUT2D eigenvalue weighted by molar-refractivity contribution is 0.0813. The molecule has 0 saturated carbocycles. The standard InChI is InChI=1S/C15H21NO2/c1-10-4-5-14-12(9-10)15-11(6-8-18-15)13(16-14)3-2-7-17/h4-5,9,11,13,15-17H,2-3,6-8H2,1H3/t11-,13-,15-/m1/s1. The highest BCUT2D eigenvalue weighted by Crippen LogP contribution is 2.45. The molecule has 0 aliphatic carbocycles. The number of fused-ring (bicyclic) bond motifs is 3. The maximum atomic E-state index is 9.01. The molecule has 1 aromatic carbocycles. The van der Waals surface area contributed by atoms with Gasteiger partial charge in [0.15, 0.2) is 0 Å². The van der Waals surface area contributed by atoms with Crippen molar-refractivity contribution >= 4 is 5.69 Å². The lowest BCUT2D eigenvalue weighted by Gasteiger charge is -2.36. The average Bonchev–Trinajstić information content (AvgIpc) is 2.86. The van der Waals surface area contributed by atoms with Gasteiger partial charge in [0.25, 0.3) is 0 Å². The van der Waals surface area contributed by atoms with Crippen LogP contribution < -0.4 is 5.32 Å². The molecule has 0 radical (unpaired) electrons. The van der Waals surface area contributed by atoms with Gasteiger partial charge in [-0.05, 0) is 32.3 Å².